The Bertz CT molecular complexity index is 1250. The van der Waals surface area contributed by atoms with Crippen LogP contribution in [0.1, 0.15) is 11.1 Å². The molecule has 0 aliphatic rings. The first-order valence-electron chi connectivity index (χ1n) is 9.64. The predicted octanol–water partition coefficient (Wildman–Crippen LogP) is 5.31. The summed E-state index contributed by atoms with van der Waals surface area (Å²) < 4.78 is 20.4. The molecule has 0 unspecified atom stereocenters. The third kappa shape index (κ3) is 4.09. The van der Waals surface area contributed by atoms with E-state index in [4.69, 9.17) is 9.72 Å². The minimum atomic E-state index is -0.297. The van der Waals surface area contributed by atoms with Crippen molar-refractivity contribution in [2.45, 2.75) is 19.0 Å². The Morgan fingerprint density at radius 1 is 1.00 bits per heavy atom. The van der Waals surface area contributed by atoms with Gasteiger partial charge in [0.1, 0.15) is 11.6 Å². The van der Waals surface area contributed by atoms with Crippen LogP contribution in [-0.2, 0) is 0 Å². The van der Waals surface area contributed by atoms with Crippen molar-refractivity contribution in [1.29, 1.82) is 0 Å². The molecule has 0 amide bonds. The van der Waals surface area contributed by atoms with Crippen molar-refractivity contribution < 1.29 is 9.13 Å². The summed E-state index contributed by atoms with van der Waals surface area (Å²) in [5.41, 5.74) is 3.58. The Balaban J connectivity index is 1.66. The number of thioether (sulfide) groups is 1. The van der Waals surface area contributed by atoms with Crippen LogP contribution < -0.4 is 10.3 Å². The molecule has 0 atom stereocenters. The normalized spacial score (nSPS) is 11.0. The molecule has 0 aliphatic heterocycles. The first-order chi connectivity index (χ1) is 14.5. The molecule has 4 aromatic rings. The Kier molecular flexibility index (Phi) is 5.86. The van der Waals surface area contributed by atoms with Gasteiger partial charge in [0.25, 0.3) is 5.56 Å². The quantitative estimate of drug-likeness (QED) is 0.241. The number of halogens is 1. The SMILES string of the molecule is Cc1cccc(-n2c(SCCOc3ccc(F)cc3)nc3ccccc3c2=O)c1C. The molecule has 152 valence electrons. The van der Waals surface area contributed by atoms with Gasteiger partial charge in [0.15, 0.2) is 5.16 Å². The topological polar surface area (TPSA) is 44.1 Å². The lowest BCUT2D eigenvalue weighted by atomic mass is 10.1. The van der Waals surface area contributed by atoms with E-state index in [1.807, 2.05) is 50.2 Å². The van der Waals surface area contributed by atoms with Crippen LogP contribution in [0.2, 0.25) is 0 Å². The van der Waals surface area contributed by atoms with Crippen LogP contribution in [0, 0.1) is 19.7 Å². The van der Waals surface area contributed by atoms with E-state index < -0.39 is 0 Å². The van der Waals surface area contributed by atoms with Crippen molar-refractivity contribution >= 4 is 22.7 Å². The van der Waals surface area contributed by atoms with Gasteiger partial charge in [0, 0.05) is 5.75 Å². The maximum absolute atomic E-state index is 13.3. The highest BCUT2D eigenvalue weighted by atomic mass is 32.2. The minimum absolute atomic E-state index is 0.0868. The van der Waals surface area contributed by atoms with Crippen LogP contribution in [0.4, 0.5) is 4.39 Å². The Labute approximate surface area is 178 Å². The van der Waals surface area contributed by atoms with Crippen molar-refractivity contribution in [2.75, 3.05) is 12.4 Å². The summed E-state index contributed by atoms with van der Waals surface area (Å²) in [6.07, 6.45) is 0. The number of rotatable bonds is 6. The third-order valence-corrected chi connectivity index (χ3v) is 5.86. The van der Waals surface area contributed by atoms with Gasteiger partial charge in [0.2, 0.25) is 0 Å². The molecule has 4 rings (SSSR count). The lowest BCUT2D eigenvalue weighted by Gasteiger charge is -2.16. The highest BCUT2D eigenvalue weighted by Gasteiger charge is 2.15. The lowest BCUT2D eigenvalue weighted by molar-refractivity contribution is 0.343. The maximum Gasteiger partial charge on any atom is 0.266 e. The van der Waals surface area contributed by atoms with Gasteiger partial charge in [-0.25, -0.2) is 9.37 Å². The van der Waals surface area contributed by atoms with E-state index in [0.717, 1.165) is 16.8 Å². The van der Waals surface area contributed by atoms with Gasteiger partial charge in [-0.15, -0.1) is 0 Å². The molecule has 0 radical (unpaired) electrons. The molecule has 0 fully saturated rings. The van der Waals surface area contributed by atoms with Crippen LogP contribution in [0.15, 0.2) is 76.7 Å². The average Bonchev–Trinajstić information content (AvgIpc) is 2.75. The van der Waals surface area contributed by atoms with Gasteiger partial charge in [-0.3, -0.25) is 9.36 Å². The molecule has 30 heavy (non-hydrogen) atoms. The molecule has 0 aliphatic carbocycles. The van der Waals surface area contributed by atoms with Gasteiger partial charge in [-0.05, 0) is 67.4 Å². The number of para-hydroxylation sites is 1. The lowest BCUT2D eigenvalue weighted by Crippen LogP contribution is -2.23. The smallest absolute Gasteiger partial charge is 0.266 e. The fourth-order valence-corrected chi connectivity index (χ4v) is 4.05. The molecule has 0 N–H and O–H groups in total. The maximum atomic E-state index is 13.3. The summed E-state index contributed by atoms with van der Waals surface area (Å²) in [7, 11) is 0. The second-order valence-electron chi connectivity index (χ2n) is 6.92. The first kappa shape index (κ1) is 20.2. The van der Waals surface area contributed by atoms with Crippen molar-refractivity contribution in [1.82, 2.24) is 9.55 Å². The molecular weight excluding hydrogens is 399 g/mol. The van der Waals surface area contributed by atoms with E-state index in [2.05, 4.69) is 0 Å². The summed E-state index contributed by atoms with van der Waals surface area (Å²) in [6.45, 7) is 4.45. The van der Waals surface area contributed by atoms with Crippen molar-refractivity contribution in [3.8, 4) is 11.4 Å². The van der Waals surface area contributed by atoms with Gasteiger partial charge >= 0.3 is 0 Å². The third-order valence-electron chi connectivity index (χ3n) is 4.96. The zero-order valence-corrected chi connectivity index (χ0v) is 17.6. The highest BCUT2D eigenvalue weighted by Crippen LogP contribution is 2.24. The number of benzene rings is 3. The van der Waals surface area contributed by atoms with E-state index in [-0.39, 0.29) is 11.4 Å². The molecule has 0 saturated heterocycles. The Hall–Kier alpha value is -3.12. The second-order valence-corrected chi connectivity index (χ2v) is 7.98. The van der Waals surface area contributed by atoms with Crippen LogP contribution in [0.25, 0.3) is 16.6 Å². The van der Waals surface area contributed by atoms with E-state index in [0.29, 0.717) is 34.2 Å². The Morgan fingerprint density at radius 3 is 2.57 bits per heavy atom. The number of nitrogens with zero attached hydrogens (tertiary/aromatic N) is 2. The molecule has 0 saturated carbocycles. The number of hydrogen-bond acceptors (Lipinski definition) is 4. The van der Waals surface area contributed by atoms with Crippen LogP contribution in [0.3, 0.4) is 0 Å². The standard InChI is InChI=1S/C24H21FN2O2S/c1-16-6-5-9-22(17(16)2)27-23(28)20-7-3-4-8-21(20)26-24(27)30-15-14-29-19-12-10-18(25)11-13-19/h3-13H,14-15H2,1-2H3. The number of fused-ring (bicyclic) bond motifs is 1. The first-order valence-corrected chi connectivity index (χ1v) is 10.6. The fraction of sp³-hybridized carbons (Fsp3) is 0.167. The molecule has 1 heterocycles. The summed E-state index contributed by atoms with van der Waals surface area (Å²) in [5, 5.41) is 1.21. The van der Waals surface area contributed by atoms with Crippen LogP contribution >= 0.6 is 11.8 Å². The van der Waals surface area contributed by atoms with Crippen molar-refractivity contribution in [3.05, 3.63) is 94.0 Å². The number of hydrogen-bond donors (Lipinski definition) is 0. The van der Waals surface area contributed by atoms with E-state index >= 15 is 0 Å². The van der Waals surface area contributed by atoms with Gasteiger partial charge in [-0.1, -0.05) is 36.0 Å². The molecule has 0 bridgehead atoms. The van der Waals surface area contributed by atoms with Crippen LogP contribution in [0.5, 0.6) is 5.75 Å². The van der Waals surface area contributed by atoms with Crippen molar-refractivity contribution in [2.24, 2.45) is 0 Å². The molecule has 0 spiro atoms. The second kappa shape index (κ2) is 8.71. The summed E-state index contributed by atoms with van der Waals surface area (Å²) in [6, 6.07) is 19.2. The fourth-order valence-electron chi connectivity index (χ4n) is 3.22. The van der Waals surface area contributed by atoms with E-state index in [1.165, 1.54) is 23.9 Å². The molecule has 4 nitrogen and oxygen atoms in total. The summed E-state index contributed by atoms with van der Waals surface area (Å²) in [4.78, 5) is 18.1. The summed E-state index contributed by atoms with van der Waals surface area (Å²) >= 11 is 1.46. The monoisotopic (exact) mass is 420 g/mol. The minimum Gasteiger partial charge on any atom is -0.493 e. The molecule has 6 heteroatoms. The summed E-state index contributed by atoms with van der Waals surface area (Å²) in [5.74, 6) is 0.901. The van der Waals surface area contributed by atoms with E-state index in [1.54, 1.807) is 22.8 Å². The van der Waals surface area contributed by atoms with Crippen LogP contribution in [-0.4, -0.2) is 21.9 Å². The number of aromatic nitrogens is 2. The van der Waals surface area contributed by atoms with Gasteiger partial charge in [0.05, 0.1) is 23.2 Å². The molecule has 1 aromatic heterocycles. The van der Waals surface area contributed by atoms with Gasteiger partial charge < -0.3 is 4.74 Å². The zero-order valence-electron chi connectivity index (χ0n) is 16.8. The van der Waals surface area contributed by atoms with Gasteiger partial charge in [-0.2, -0.15) is 0 Å². The predicted molar refractivity (Wildman–Crippen MR) is 119 cm³/mol. The highest BCUT2D eigenvalue weighted by molar-refractivity contribution is 7.99. The van der Waals surface area contributed by atoms with Crippen molar-refractivity contribution in [3.63, 3.8) is 0 Å². The molecule has 3 aromatic carbocycles. The number of ether oxygens (including phenoxy) is 1. The largest absolute Gasteiger partial charge is 0.493 e. The average molecular weight is 421 g/mol. The zero-order chi connectivity index (χ0) is 21.1. The molecular formula is C24H21FN2O2S. The van der Waals surface area contributed by atoms with E-state index in [9.17, 15) is 9.18 Å². The Morgan fingerprint density at radius 2 is 1.77 bits per heavy atom. The number of aryl methyl sites for hydroxylation is 1.